The maximum absolute atomic E-state index is 11.8. The van der Waals surface area contributed by atoms with Gasteiger partial charge in [0.05, 0.1) is 15.6 Å². The van der Waals surface area contributed by atoms with Gasteiger partial charge in [0, 0.05) is 23.3 Å². The van der Waals surface area contributed by atoms with Crippen LogP contribution in [0.1, 0.15) is 5.56 Å². The van der Waals surface area contributed by atoms with Gasteiger partial charge in [0.2, 0.25) is 5.89 Å². The Hall–Kier alpha value is -2.48. The van der Waals surface area contributed by atoms with Crippen LogP contribution in [0.2, 0.25) is 10.0 Å². The molecule has 0 radical (unpaired) electrons. The van der Waals surface area contributed by atoms with Crippen LogP contribution >= 0.6 is 35.0 Å². The van der Waals surface area contributed by atoms with Gasteiger partial charge in [-0.1, -0.05) is 47.1 Å². The van der Waals surface area contributed by atoms with E-state index in [1.54, 1.807) is 18.2 Å². The van der Waals surface area contributed by atoms with E-state index in [1.165, 1.54) is 23.9 Å². The first kappa shape index (κ1) is 17.9. The fourth-order valence-electron chi connectivity index (χ4n) is 2.51. The zero-order chi connectivity index (χ0) is 19.0. The lowest BCUT2D eigenvalue weighted by Gasteiger charge is -2.05. The van der Waals surface area contributed by atoms with E-state index < -0.39 is 5.63 Å². The zero-order valence-electron chi connectivity index (χ0n) is 13.5. The quantitative estimate of drug-likeness (QED) is 0.360. The van der Waals surface area contributed by atoms with Gasteiger partial charge in [-0.05, 0) is 23.8 Å². The molecule has 0 aliphatic carbocycles. The van der Waals surface area contributed by atoms with Crippen molar-refractivity contribution >= 4 is 45.9 Å². The highest BCUT2D eigenvalue weighted by atomic mass is 35.5. The van der Waals surface area contributed by atoms with E-state index in [9.17, 15) is 9.90 Å². The summed E-state index contributed by atoms with van der Waals surface area (Å²) in [5.41, 5.74) is 1.04. The summed E-state index contributed by atoms with van der Waals surface area (Å²) in [6.45, 7) is 0. The lowest BCUT2D eigenvalue weighted by molar-refractivity contribution is 0.465. The monoisotopic (exact) mass is 420 g/mol. The number of aromatic nitrogens is 2. The molecule has 0 saturated heterocycles. The van der Waals surface area contributed by atoms with Crippen molar-refractivity contribution < 1.29 is 13.9 Å². The lowest BCUT2D eigenvalue weighted by Crippen LogP contribution is -2.00. The Morgan fingerprint density at radius 3 is 2.67 bits per heavy atom. The molecule has 27 heavy (non-hydrogen) atoms. The van der Waals surface area contributed by atoms with E-state index >= 15 is 0 Å². The molecule has 2 aromatic heterocycles. The Labute approximate surface area is 166 Å². The van der Waals surface area contributed by atoms with E-state index in [1.807, 2.05) is 12.1 Å². The van der Waals surface area contributed by atoms with Crippen molar-refractivity contribution in [2.24, 2.45) is 0 Å². The molecule has 0 atom stereocenters. The number of fused-ring (bicyclic) bond motifs is 1. The first-order valence-corrected chi connectivity index (χ1v) is 9.42. The summed E-state index contributed by atoms with van der Waals surface area (Å²) in [6.07, 6.45) is 0. The standard InChI is InChI=1S/C18H10Cl2N2O4S/c19-12-4-2-1-3-10(12)17-21-22-18(26-17)27-8-9-5-16(24)25-15-7-14(23)13(20)6-11(9)15/h1-7,23H,8H2. The summed E-state index contributed by atoms with van der Waals surface area (Å²) in [5, 5.41) is 19.3. The van der Waals surface area contributed by atoms with E-state index in [4.69, 9.17) is 32.0 Å². The molecule has 2 heterocycles. The molecule has 0 aliphatic rings. The molecule has 0 saturated carbocycles. The summed E-state index contributed by atoms with van der Waals surface area (Å²) in [4.78, 5) is 11.8. The number of thioether (sulfide) groups is 1. The first-order chi connectivity index (χ1) is 13.0. The molecule has 136 valence electrons. The Balaban J connectivity index is 1.62. The fraction of sp³-hybridized carbons (Fsp3) is 0.0556. The van der Waals surface area contributed by atoms with E-state index in [0.717, 1.165) is 0 Å². The molecule has 0 fully saturated rings. The number of rotatable bonds is 4. The number of hydrogen-bond donors (Lipinski definition) is 1. The normalized spacial score (nSPS) is 11.2. The van der Waals surface area contributed by atoms with Crippen LogP contribution in [0, 0.1) is 0 Å². The predicted octanol–water partition coefficient (Wildman–Crippen LogP) is 5.15. The minimum absolute atomic E-state index is 0.154. The molecule has 9 heteroatoms. The Morgan fingerprint density at radius 2 is 1.85 bits per heavy atom. The minimum Gasteiger partial charge on any atom is -0.506 e. The molecule has 0 spiro atoms. The highest BCUT2D eigenvalue weighted by Crippen LogP contribution is 2.33. The molecular weight excluding hydrogens is 411 g/mol. The molecule has 0 aliphatic heterocycles. The van der Waals surface area contributed by atoms with Crippen molar-refractivity contribution in [3.8, 4) is 17.2 Å². The number of phenolic OH excluding ortho intramolecular Hbond substituents is 1. The van der Waals surface area contributed by atoms with Crippen LogP contribution in [-0.4, -0.2) is 15.3 Å². The fourth-order valence-corrected chi connectivity index (χ4v) is 3.64. The highest BCUT2D eigenvalue weighted by Gasteiger charge is 2.14. The number of aromatic hydroxyl groups is 1. The number of halogens is 2. The predicted molar refractivity (Wildman–Crippen MR) is 103 cm³/mol. The van der Waals surface area contributed by atoms with Crippen molar-refractivity contribution in [2.75, 3.05) is 0 Å². The van der Waals surface area contributed by atoms with E-state index in [-0.39, 0.29) is 16.4 Å². The van der Waals surface area contributed by atoms with Gasteiger partial charge in [0.25, 0.3) is 5.22 Å². The van der Waals surface area contributed by atoms with Gasteiger partial charge in [-0.2, -0.15) is 0 Å². The Kier molecular flexibility index (Phi) is 4.82. The Morgan fingerprint density at radius 1 is 1.04 bits per heavy atom. The van der Waals surface area contributed by atoms with Crippen molar-refractivity contribution in [1.29, 1.82) is 0 Å². The van der Waals surface area contributed by atoms with Crippen LogP contribution < -0.4 is 5.63 Å². The number of benzene rings is 2. The van der Waals surface area contributed by atoms with Crippen molar-refractivity contribution in [2.45, 2.75) is 11.0 Å². The van der Waals surface area contributed by atoms with Crippen LogP contribution in [-0.2, 0) is 5.75 Å². The third-order valence-electron chi connectivity index (χ3n) is 3.76. The second kappa shape index (κ2) is 7.26. The number of phenols is 1. The van der Waals surface area contributed by atoms with Gasteiger partial charge >= 0.3 is 5.63 Å². The maximum Gasteiger partial charge on any atom is 0.336 e. The molecular formula is C18H10Cl2N2O4S. The lowest BCUT2D eigenvalue weighted by atomic mass is 10.1. The average molecular weight is 421 g/mol. The molecule has 2 aromatic carbocycles. The third-order valence-corrected chi connectivity index (χ3v) is 5.26. The van der Waals surface area contributed by atoms with Crippen molar-refractivity contribution in [1.82, 2.24) is 10.2 Å². The molecule has 0 unspecified atom stereocenters. The molecule has 0 amide bonds. The van der Waals surface area contributed by atoms with Crippen LogP contribution in [0.25, 0.3) is 22.4 Å². The highest BCUT2D eigenvalue weighted by molar-refractivity contribution is 7.98. The molecule has 1 N–H and O–H groups in total. The second-order valence-corrected chi connectivity index (χ2v) is 7.27. The first-order valence-electron chi connectivity index (χ1n) is 7.68. The molecule has 4 rings (SSSR count). The van der Waals surface area contributed by atoms with Crippen molar-refractivity contribution in [3.05, 3.63) is 68.5 Å². The maximum atomic E-state index is 11.8. The van der Waals surface area contributed by atoms with E-state index in [2.05, 4.69) is 10.2 Å². The van der Waals surface area contributed by atoms with Gasteiger partial charge in [-0.15, -0.1) is 10.2 Å². The summed E-state index contributed by atoms with van der Waals surface area (Å²) in [7, 11) is 0. The van der Waals surface area contributed by atoms with Gasteiger partial charge in [0.1, 0.15) is 11.3 Å². The number of nitrogens with zero attached hydrogens (tertiary/aromatic N) is 2. The topological polar surface area (TPSA) is 89.4 Å². The van der Waals surface area contributed by atoms with Crippen LogP contribution in [0.15, 0.2) is 61.3 Å². The largest absolute Gasteiger partial charge is 0.506 e. The molecule has 4 aromatic rings. The SMILES string of the molecule is O=c1cc(CSc2nnc(-c3ccccc3Cl)o2)c2cc(Cl)c(O)cc2o1. The van der Waals surface area contributed by atoms with E-state index in [0.29, 0.717) is 38.4 Å². The number of hydrogen-bond acceptors (Lipinski definition) is 7. The smallest absolute Gasteiger partial charge is 0.336 e. The van der Waals surface area contributed by atoms with Crippen molar-refractivity contribution in [3.63, 3.8) is 0 Å². The average Bonchev–Trinajstić information content (AvgIpc) is 3.10. The third kappa shape index (κ3) is 3.66. The van der Waals surface area contributed by atoms with Crippen LogP contribution in [0.5, 0.6) is 5.75 Å². The summed E-state index contributed by atoms with van der Waals surface area (Å²) < 4.78 is 10.8. The molecule has 0 bridgehead atoms. The summed E-state index contributed by atoms with van der Waals surface area (Å²) in [5.74, 6) is 0.528. The van der Waals surface area contributed by atoms with Crippen LogP contribution in [0.4, 0.5) is 0 Å². The van der Waals surface area contributed by atoms with Gasteiger partial charge < -0.3 is 13.9 Å². The van der Waals surface area contributed by atoms with Gasteiger partial charge in [-0.25, -0.2) is 4.79 Å². The van der Waals surface area contributed by atoms with Gasteiger partial charge in [-0.3, -0.25) is 0 Å². The zero-order valence-corrected chi connectivity index (χ0v) is 15.8. The Bertz CT molecular complexity index is 1210. The van der Waals surface area contributed by atoms with Crippen LogP contribution in [0.3, 0.4) is 0 Å². The summed E-state index contributed by atoms with van der Waals surface area (Å²) >= 11 is 13.4. The van der Waals surface area contributed by atoms with Gasteiger partial charge in [0.15, 0.2) is 0 Å². The second-order valence-electron chi connectivity index (χ2n) is 5.53. The molecule has 6 nitrogen and oxygen atoms in total. The summed E-state index contributed by atoms with van der Waals surface area (Å²) in [6, 6.07) is 11.4. The minimum atomic E-state index is -0.526.